The number of benzene rings is 2. The van der Waals surface area contributed by atoms with E-state index in [2.05, 4.69) is 20.7 Å². The molecule has 2 heterocycles. The van der Waals surface area contributed by atoms with Crippen molar-refractivity contribution in [2.75, 3.05) is 5.32 Å². The van der Waals surface area contributed by atoms with Gasteiger partial charge < -0.3 is 15.4 Å². The summed E-state index contributed by atoms with van der Waals surface area (Å²) in [5, 5.41) is 10.6. The Morgan fingerprint density at radius 3 is 2.52 bits per heavy atom. The lowest BCUT2D eigenvalue weighted by Crippen LogP contribution is -2.29. The third-order valence-corrected chi connectivity index (χ3v) is 7.15. The molecule has 2 aromatic carbocycles. The molecule has 10 heteroatoms. The molecule has 4 aromatic rings. The summed E-state index contributed by atoms with van der Waals surface area (Å²) in [5.41, 5.74) is 4.59. The molecule has 0 saturated carbocycles. The van der Waals surface area contributed by atoms with Gasteiger partial charge in [0, 0.05) is 5.69 Å². The number of esters is 1. The average Bonchev–Trinajstić information content (AvgIpc) is 3.49. The maximum Gasteiger partial charge on any atom is 0.338 e. The number of carbonyl (C=O) groups excluding carboxylic acids is 3. The molecule has 0 saturated heterocycles. The lowest BCUT2D eigenvalue weighted by atomic mass is 9.97. The molecule has 206 valence electrons. The Morgan fingerprint density at radius 1 is 1.05 bits per heavy atom. The van der Waals surface area contributed by atoms with Crippen molar-refractivity contribution in [2.24, 2.45) is 0 Å². The highest BCUT2D eigenvalue weighted by molar-refractivity contribution is 6.34. The van der Waals surface area contributed by atoms with Gasteiger partial charge in [-0.15, -0.1) is 0 Å². The maximum absolute atomic E-state index is 13.5. The highest BCUT2D eigenvalue weighted by Crippen LogP contribution is 2.35. The van der Waals surface area contributed by atoms with Crippen LogP contribution in [0, 0.1) is 13.8 Å². The van der Waals surface area contributed by atoms with E-state index in [1.165, 1.54) is 10.7 Å². The highest BCUT2D eigenvalue weighted by atomic mass is 35.5. The topological polar surface area (TPSA) is 115 Å². The number of anilines is 1. The number of amides is 2. The molecule has 1 aliphatic rings. The summed E-state index contributed by atoms with van der Waals surface area (Å²) in [5.74, 6) is -1.14. The number of aromatic nitrogens is 3. The highest BCUT2D eigenvalue weighted by Gasteiger charge is 2.30. The lowest BCUT2D eigenvalue weighted by molar-refractivity contribution is 0.00683. The maximum atomic E-state index is 13.5. The summed E-state index contributed by atoms with van der Waals surface area (Å²) in [7, 11) is 0. The third kappa shape index (κ3) is 5.29. The Bertz CT molecular complexity index is 1670. The van der Waals surface area contributed by atoms with Crippen LogP contribution in [0.5, 0.6) is 0 Å². The van der Waals surface area contributed by atoms with E-state index < -0.39 is 11.5 Å². The summed E-state index contributed by atoms with van der Waals surface area (Å²) < 4.78 is 6.94. The average molecular weight is 560 g/mol. The minimum Gasteiger partial charge on any atom is -0.456 e. The molecule has 0 spiro atoms. The van der Waals surface area contributed by atoms with E-state index in [1.807, 2.05) is 33.8 Å². The molecule has 1 atom stereocenters. The zero-order chi connectivity index (χ0) is 28.8. The van der Waals surface area contributed by atoms with Crippen molar-refractivity contribution in [1.82, 2.24) is 19.9 Å². The molecule has 5 rings (SSSR count). The molecule has 1 unspecified atom stereocenters. The van der Waals surface area contributed by atoms with Gasteiger partial charge in [0.1, 0.15) is 16.9 Å². The van der Waals surface area contributed by atoms with Crippen LogP contribution in [0.3, 0.4) is 0 Å². The predicted molar refractivity (Wildman–Crippen MR) is 152 cm³/mol. The van der Waals surface area contributed by atoms with Crippen molar-refractivity contribution in [2.45, 2.75) is 59.1 Å². The molecule has 2 aromatic heterocycles. The Morgan fingerprint density at radius 2 is 1.80 bits per heavy atom. The summed E-state index contributed by atoms with van der Waals surface area (Å²) >= 11 is 6.19. The lowest BCUT2D eigenvalue weighted by Gasteiger charge is -2.21. The first kappa shape index (κ1) is 27.3. The molecule has 2 amide bonds. The van der Waals surface area contributed by atoms with Crippen molar-refractivity contribution >= 4 is 40.7 Å². The SMILES string of the molecule is Cc1cc(C(=O)NC2CCc3c2ccc(C(=O)OC(C)(C)C)c3C)n2ncc(C(=O)Nc3ccccc3Cl)c2n1. The van der Waals surface area contributed by atoms with Crippen LogP contribution in [0.2, 0.25) is 5.02 Å². The van der Waals surface area contributed by atoms with E-state index in [9.17, 15) is 14.4 Å². The van der Waals surface area contributed by atoms with Crippen molar-refractivity contribution in [3.8, 4) is 0 Å². The zero-order valence-corrected chi connectivity index (χ0v) is 23.7. The molecule has 1 aliphatic carbocycles. The summed E-state index contributed by atoms with van der Waals surface area (Å²) in [6.45, 7) is 9.18. The Kier molecular flexibility index (Phi) is 7.10. The Labute approximate surface area is 236 Å². The summed E-state index contributed by atoms with van der Waals surface area (Å²) in [6.07, 6.45) is 2.80. The second-order valence-electron chi connectivity index (χ2n) is 10.9. The van der Waals surface area contributed by atoms with Crippen LogP contribution in [0.1, 0.15) is 86.8 Å². The number of hydrogen-bond acceptors (Lipinski definition) is 6. The second kappa shape index (κ2) is 10.4. The van der Waals surface area contributed by atoms with Gasteiger partial charge in [-0.2, -0.15) is 5.10 Å². The molecule has 9 nitrogen and oxygen atoms in total. The van der Waals surface area contributed by atoms with Crippen LogP contribution < -0.4 is 10.6 Å². The van der Waals surface area contributed by atoms with Gasteiger partial charge in [-0.1, -0.05) is 29.8 Å². The molecule has 0 aliphatic heterocycles. The van der Waals surface area contributed by atoms with Crippen molar-refractivity contribution in [1.29, 1.82) is 0 Å². The first-order chi connectivity index (χ1) is 18.9. The molecular formula is C30H30ClN5O4. The number of carbonyl (C=O) groups is 3. The van der Waals surface area contributed by atoms with Crippen molar-refractivity contribution in [3.05, 3.63) is 92.9 Å². The van der Waals surface area contributed by atoms with Crippen molar-refractivity contribution in [3.63, 3.8) is 0 Å². The Hall–Kier alpha value is -4.24. The molecule has 2 N–H and O–H groups in total. The molecule has 0 bridgehead atoms. The first-order valence-corrected chi connectivity index (χ1v) is 13.4. The number of fused-ring (bicyclic) bond motifs is 2. The van der Waals surface area contributed by atoms with E-state index in [4.69, 9.17) is 16.3 Å². The number of aryl methyl sites for hydroxylation is 1. The van der Waals surface area contributed by atoms with Gasteiger partial charge in [0.05, 0.1) is 28.5 Å². The monoisotopic (exact) mass is 559 g/mol. The fourth-order valence-electron chi connectivity index (χ4n) is 4.97. The standard InChI is InChI=1S/C30H30ClN5O4/c1-16-14-25(36-26(33-16)21(15-32-36)27(37)35-24-9-7-6-8-22(24)31)28(38)34-23-13-12-18-17(2)19(10-11-20(18)23)29(39)40-30(3,4)5/h6-11,14-15,23H,12-13H2,1-5H3,(H,34,38)(H,35,37). The minimum absolute atomic E-state index is 0.217. The number of hydrogen-bond donors (Lipinski definition) is 2. The van der Waals surface area contributed by atoms with E-state index >= 15 is 0 Å². The minimum atomic E-state index is -0.589. The van der Waals surface area contributed by atoms with Gasteiger partial charge in [0.2, 0.25) is 0 Å². The van der Waals surface area contributed by atoms with Gasteiger partial charge >= 0.3 is 5.97 Å². The number of nitrogens with one attached hydrogen (secondary N) is 2. The normalized spacial score (nSPS) is 14.6. The number of ether oxygens (including phenoxy) is 1. The smallest absolute Gasteiger partial charge is 0.338 e. The summed E-state index contributed by atoms with van der Waals surface area (Å²) in [6, 6.07) is 12.0. The fraction of sp³-hybridized carbons (Fsp3) is 0.300. The summed E-state index contributed by atoms with van der Waals surface area (Å²) in [4.78, 5) is 43.7. The number of halogens is 1. The number of para-hydroxylation sites is 1. The van der Waals surface area contributed by atoms with Crippen LogP contribution in [-0.4, -0.2) is 38.0 Å². The van der Waals surface area contributed by atoms with Crippen LogP contribution in [-0.2, 0) is 11.2 Å². The van der Waals surface area contributed by atoms with E-state index in [0.29, 0.717) is 28.4 Å². The zero-order valence-electron chi connectivity index (χ0n) is 23.0. The van der Waals surface area contributed by atoms with Gasteiger partial charge in [0.25, 0.3) is 11.8 Å². The van der Waals surface area contributed by atoms with E-state index in [1.54, 1.807) is 43.3 Å². The molecular weight excluding hydrogens is 530 g/mol. The van der Waals surface area contributed by atoms with Crippen LogP contribution in [0.4, 0.5) is 5.69 Å². The van der Waals surface area contributed by atoms with Gasteiger partial charge in [-0.05, 0) is 88.4 Å². The largest absolute Gasteiger partial charge is 0.456 e. The van der Waals surface area contributed by atoms with E-state index in [0.717, 1.165) is 23.1 Å². The molecule has 40 heavy (non-hydrogen) atoms. The second-order valence-corrected chi connectivity index (χ2v) is 11.3. The van der Waals surface area contributed by atoms with Crippen LogP contribution in [0.25, 0.3) is 5.65 Å². The van der Waals surface area contributed by atoms with Gasteiger partial charge in [-0.25, -0.2) is 14.3 Å². The molecule has 0 fully saturated rings. The fourth-order valence-corrected chi connectivity index (χ4v) is 5.16. The van der Waals surface area contributed by atoms with E-state index in [-0.39, 0.29) is 34.8 Å². The predicted octanol–water partition coefficient (Wildman–Crippen LogP) is 5.62. The number of rotatable bonds is 5. The van der Waals surface area contributed by atoms with Crippen molar-refractivity contribution < 1.29 is 19.1 Å². The van der Waals surface area contributed by atoms with Gasteiger partial charge in [-0.3, -0.25) is 9.59 Å². The quantitative estimate of drug-likeness (QED) is 0.306. The van der Waals surface area contributed by atoms with Crippen LogP contribution >= 0.6 is 11.6 Å². The van der Waals surface area contributed by atoms with Gasteiger partial charge in [0.15, 0.2) is 5.65 Å². The molecule has 0 radical (unpaired) electrons. The van der Waals surface area contributed by atoms with Crippen LogP contribution in [0.15, 0.2) is 48.7 Å². The third-order valence-electron chi connectivity index (χ3n) is 6.82. The number of nitrogens with zero attached hydrogens (tertiary/aromatic N) is 3. The Balaban J connectivity index is 1.39. The first-order valence-electron chi connectivity index (χ1n) is 13.0.